The molecule has 7 aliphatic carbocycles. The van der Waals surface area contributed by atoms with E-state index >= 15 is 4.79 Å². The molecular weight excluding hydrogens is 1170 g/mol. The number of aromatic nitrogens is 1. The summed E-state index contributed by atoms with van der Waals surface area (Å²) in [6.45, 7) is 5.73. The number of benzene rings is 4. The summed E-state index contributed by atoms with van der Waals surface area (Å²) in [5.41, 5.74) is 15.4. The maximum atomic E-state index is 15.5. The van der Waals surface area contributed by atoms with Crippen molar-refractivity contribution in [3.63, 3.8) is 0 Å². The van der Waals surface area contributed by atoms with Crippen LogP contribution in [0.4, 0.5) is 0 Å². The average Bonchev–Trinajstić information content (AvgIpc) is 1.22. The number of phenolic OH excluding ortho intramolecular Hbond substituents is 1. The molecular formula is C80H93N5O9. The van der Waals surface area contributed by atoms with Gasteiger partial charge in [-0.25, -0.2) is 0 Å². The van der Waals surface area contributed by atoms with E-state index in [-0.39, 0.29) is 144 Å². The number of phenols is 1. The number of piperidine rings is 1. The number of methoxy groups -OCH3 is 1. The molecule has 20 atom stereocenters. The van der Waals surface area contributed by atoms with Crippen LogP contribution in [0.2, 0.25) is 0 Å². The van der Waals surface area contributed by atoms with E-state index in [4.69, 9.17) is 10.5 Å². The van der Waals surface area contributed by atoms with Crippen LogP contribution in [-0.4, -0.2) is 110 Å². The molecule has 4 aliphatic heterocycles. The number of nitrogens with two attached hydrogens (primary N) is 1. The Kier molecular flexibility index (Phi) is 16.9. The van der Waals surface area contributed by atoms with Crippen molar-refractivity contribution in [1.82, 2.24) is 20.9 Å². The lowest BCUT2D eigenvalue weighted by atomic mass is 9.40. The van der Waals surface area contributed by atoms with Crippen LogP contribution in [0.3, 0.4) is 0 Å². The maximum absolute atomic E-state index is 15.5. The molecule has 94 heavy (non-hydrogen) atoms. The largest absolute Gasteiger partial charge is 0.504 e. The zero-order chi connectivity index (χ0) is 64.9. The third-order valence-electron chi connectivity index (χ3n) is 25.4. The SMILES string of the molecule is CCC1=C(C(CC(O)C(O)CC2C#CC3(CCC(C4C5CNC6(C)CCCC6C#CCC6NC7CC(=O)C8C=C(Cc9ccccc9)c9c[nH]c%10c9C8C7C(C%105)C6C4CCC(O)O)CC3O)C(=O)CCc3cc(OC)c(O)cc32)c2ccc3ccccc3c2)C=C(N)NC1. The van der Waals surface area contributed by atoms with E-state index < -0.39 is 35.9 Å². The van der Waals surface area contributed by atoms with Crippen LogP contribution >= 0.6 is 0 Å². The monoisotopic (exact) mass is 1270 g/mol. The molecule has 12 N–H and O–H groups in total. The van der Waals surface area contributed by atoms with Crippen molar-refractivity contribution in [3.05, 3.63) is 159 Å². The van der Waals surface area contributed by atoms with Crippen LogP contribution in [0.5, 0.6) is 11.5 Å². The highest BCUT2D eigenvalue weighted by Gasteiger charge is 2.67. The highest BCUT2D eigenvalue weighted by Crippen LogP contribution is 2.69. The quantitative estimate of drug-likeness (QED) is 0.0346. The number of aliphatic hydroxyl groups excluding tert-OH is 4. The number of hydrogen-bond donors (Lipinski definition) is 11. The van der Waals surface area contributed by atoms with Gasteiger partial charge in [-0.3, -0.25) is 9.59 Å². The Bertz CT molecular complexity index is 4000. The summed E-state index contributed by atoms with van der Waals surface area (Å²) in [6, 6.07) is 28.4. The van der Waals surface area contributed by atoms with Crippen molar-refractivity contribution in [2.75, 3.05) is 20.2 Å². The van der Waals surface area contributed by atoms with Gasteiger partial charge in [0.1, 0.15) is 11.2 Å². The number of nitrogens with one attached hydrogen (secondary N) is 4. The number of aryl methyl sites for hydroxylation is 1. The van der Waals surface area contributed by atoms with Crippen molar-refractivity contribution in [3.8, 4) is 35.2 Å². The zero-order valence-electron chi connectivity index (χ0n) is 54.5. The molecule has 492 valence electrons. The van der Waals surface area contributed by atoms with Crippen LogP contribution in [-0.2, 0) is 22.4 Å². The molecule has 5 heterocycles. The van der Waals surface area contributed by atoms with Gasteiger partial charge in [0.25, 0.3) is 0 Å². The van der Waals surface area contributed by atoms with Crippen LogP contribution < -0.4 is 26.4 Å². The van der Waals surface area contributed by atoms with E-state index in [0.717, 1.165) is 65.1 Å². The van der Waals surface area contributed by atoms with Gasteiger partial charge in [-0.1, -0.05) is 110 Å². The number of aromatic amines is 1. The molecule has 1 aromatic heterocycles. The number of aliphatic hydroxyl groups is 5. The molecule has 5 aromatic rings. The molecule has 4 aromatic carbocycles. The van der Waals surface area contributed by atoms with E-state index in [0.29, 0.717) is 63.0 Å². The number of ether oxygens (including phenoxy) is 1. The first-order valence-corrected chi connectivity index (χ1v) is 35.3. The Morgan fingerprint density at radius 1 is 0.872 bits per heavy atom. The Hall–Kier alpha value is -6.98. The number of ketones is 2. The summed E-state index contributed by atoms with van der Waals surface area (Å²) in [7, 11) is 1.49. The number of H-pyrrole nitrogens is 1. The molecule has 11 aliphatic rings. The standard InChI is InChI=1S/C80H93N5O9/c1-4-44-40-82-69(81)38-56(44)55(47-20-19-45-14-8-9-15-46(45)31-47)37-64(88)63(87)33-49-25-28-80(67(90)23-21-48-34-66(94-3)65(89)36-54(48)49)29-26-50(35-68(80)91)71-53(22-24-70(92)93)72-60-18-10-16-52-17-11-27-79(52,2)84-42-59(71)75-77(72)76-61(85-60)39-62(86)57-32-51(30-43-12-6-5-7-13-43)58-41-83-78(75)74(58)73(57)76/h5-9,12-15,19-20,31-32,34,36,38,41,49-50,52-53,55,57,59-61,63-64,68,70-73,75-77,82-85,87-89,91-93H,4,11,17-18,21-24,26-27,29-30,33,35,37,39-40,42,81H2,1-3H3. The van der Waals surface area contributed by atoms with E-state index in [9.17, 15) is 35.4 Å². The summed E-state index contributed by atoms with van der Waals surface area (Å²) in [6.07, 6.45) is 9.32. The molecule has 5 fully saturated rings. The molecule has 0 radical (unpaired) electrons. The van der Waals surface area contributed by atoms with E-state index in [1.165, 1.54) is 35.1 Å². The smallest absolute Gasteiger partial charge is 0.160 e. The van der Waals surface area contributed by atoms with Gasteiger partial charge in [0, 0.05) is 90.8 Å². The van der Waals surface area contributed by atoms with Gasteiger partial charge in [-0.15, -0.1) is 5.92 Å². The molecule has 14 heteroatoms. The number of aromatic hydroxyl groups is 1. The van der Waals surface area contributed by atoms with Crippen molar-refractivity contribution < 1.29 is 45.0 Å². The summed E-state index contributed by atoms with van der Waals surface area (Å²) in [5, 5.41) is 85.8. The van der Waals surface area contributed by atoms with Gasteiger partial charge < -0.3 is 62.0 Å². The Balaban J connectivity index is 0.800. The van der Waals surface area contributed by atoms with E-state index in [1.54, 1.807) is 12.1 Å². The fraction of sp³-hybridized carbons (Fsp3) is 0.525. The molecule has 0 amide bonds. The Labute approximate surface area is 552 Å². The number of rotatable bonds is 15. The summed E-state index contributed by atoms with van der Waals surface area (Å²) in [4.78, 5) is 34.4. The van der Waals surface area contributed by atoms with Crippen molar-refractivity contribution >= 4 is 27.9 Å². The number of fused-ring (bicyclic) bond motifs is 5. The van der Waals surface area contributed by atoms with Gasteiger partial charge >= 0.3 is 0 Å². The second-order valence-electron chi connectivity index (χ2n) is 30.1. The molecule has 4 saturated carbocycles. The number of Topliss-reactive ketones (excluding diaryl/α,β-unsaturated/α-hetero) is 2. The van der Waals surface area contributed by atoms with Crippen LogP contribution in [0, 0.1) is 82.4 Å². The van der Waals surface area contributed by atoms with Crippen molar-refractivity contribution in [2.45, 2.75) is 182 Å². The second kappa shape index (κ2) is 25.2. The Morgan fingerprint density at radius 3 is 2.49 bits per heavy atom. The number of dihydropyridines is 1. The van der Waals surface area contributed by atoms with Gasteiger partial charge in [-0.05, 0) is 211 Å². The summed E-state index contributed by atoms with van der Waals surface area (Å²) >= 11 is 0. The normalized spacial score (nSPS) is 34.7. The fourth-order valence-corrected chi connectivity index (χ4v) is 21.0. The minimum Gasteiger partial charge on any atom is -0.504 e. The first-order chi connectivity index (χ1) is 45.5. The topological polar surface area (TPSA) is 243 Å². The number of carbonyl (C=O) groups is 2. The minimum absolute atomic E-state index is 0.00602. The number of hydrogen-bond acceptors (Lipinski definition) is 13. The van der Waals surface area contributed by atoms with Gasteiger partial charge in [0.15, 0.2) is 23.6 Å². The highest BCUT2D eigenvalue weighted by atomic mass is 16.5. The van der Waals surface area contributed by atoms with Crippen molar-refractivity contribution in [1.29, 1.82) is 0 Å². The predicted molar refractivity (Wildman–Crippen MR) is 363 cm³/mol. The molecule has 4 bridgehead atoms. The lowest BCUT2D eigenvalue weighted by Gasteiger charge is -2.67. The number of allylic oxidation sites excluding steroid dienone is 4. The van der Waals surface area contributed by atoms with Gasteiger partial charge in [-0.2, -0.15) is 0 Å². The minimum atomic E-state index is -1.52. The van der Waals surface area contributed by atoms with Gasteiger partial charge in [0.05, 0.1) is 31.2 Å². The molecule has 1 saturated heterocycles. The predicted octanol–water partition coefficient (Wildman–Crippen LogP) is 9.83. The molecule has 14 nitrogen and oxygen atoms in total. The third-order valence-corrected chi connectivity index (χ3v) is 25.4. The zero-order valence-corrected chi connectivity index (χ0v) is 54.5. The van der Waals surface area contributed by atoms with Crippen LogP contribution in [0.25, 0.3) is 16.3 Å². The summed E-state index contributed by atoms with van der Waals surface area (Å²) < 4.78 is 5.66. The van der Waals surface area contributed by atoms with E-state index in [1.807, 2.05) is 24.3 Å². The van der Waals surface area contributed by atoms with Crippen LogP contribution in [0.1, 0.15) is 166 Å². The average molecular weight is 1270 g/mol. The summed E-state index contributed by atoms with van der Waals surface area (Å²) in [5.74, 6) is 14.5. The first-order valence-electron chi connectivity index (χ1n) is 35.3. The lowest BCUT2D eigenvalue weighted by Crippen LogP contribution is -2.70. The fourth-order valence-electron chi connectivity index (χ4n) is 21.0. The lowest BCUT2D eigenvalue weighted by molar-refractivity contribution is -0.149. The first kappa shape index (κ1) is 63.1. The Morgan fingerprint density at radius 2 is 1.69 bits per heavy atom. The number of carbonyl (C=O) groups excluding carboxylic acids is 2. The van der Waals surface area contributed by atoms with Gasteiger partial charge in [0.2, 0.25) is 0 Å². The maximum Gasteiger partial charge on any atom is 0.160 e. The second-order valence-corrected chi connectivity index (χ2v) is 30.1. The molecule has 16 rings (SSSR count). The molecule has 20 unspecified atom stereocenters. The third kappa shape index (κ3) is 11.0. The van der Waals surface area contributed by atoms with Crippen LogP contribution in [0.15, 0.2) is 120 Å². The van der Waals surface area contributed by atoms with E-state index in [2.05, 4.69) is 125 Å². The highest BCUT2D eigenvalue weighted by molar-refractivity contribution is 5.91. The van der Waals surface area contributed by atoms with Crippen molar-refractivity contribution in [2.24, 2.45) is 64.4 Å². The molecule has 1 spiro atoms.